The molecule has 5 heteroatoms. The highest BCUT2D eigenvalue weighted by Crippen LogP contribution is 2.36. The van der Waals surface area contributed by atoms with Crippen LogP contribution in [0.3, 0.4) is 0 Å². The summed E-state index contributed by atoms with van der Waals surface area (Å²) in [6.07, 6.45) is 5.52. The largest absolute Gasteiger partial charge is 0.372 e. The molecule has 1 atom stereocenters. The van der Waals surface area contributed by atoms with Crippen LogP contribution in [0.4, 0.5) is 0 Å². The fraction of sp³-hybridized carbons (Fsp3) is 0.400. The van der Waals surface area contributed by atoms with Gasteiger partial charge in [-0.1, -0.05) is 0 Å². The van der Waals surface area contributed by atoms with E-state index in [1.54, 1.807) is 17.8 Å². The van der Waals surface area contributed by atoms with Crippen LogP contribution in [-0.4, -0.2) is 24.1 Å². The maximum absolute atomic E-state index is 11.2. The predicted octanol–water partition coefficient (Wildman–Crippen LogP) is 0.526. The molecule has 1 unspecified atom stereocenters. The summed E-state index contributed by atoms with van der Waals surface area (Å²) >= 11 is 1.69. The van der Waals surface area contributed by atoms with Gasteiger partial charge in [-0.3, -0.25) is 9.59 Å². The smallest absolute Gasteiger partial charge is 0.207 e. The number of thioether (sulfide) groups is 1. The molecule has 80 valence electrons. The second-order valence-corrected chi connectivity index (χ2v) is 4.72. The van der Waals surface area contributed by atoms with Crippen molar-refractivity contribution in [1.82, 2.24) is 10.6 Å². The number of carbonyl (C=O) groups is 2. The number of nitrogens with one attached hydrogen (secondary N) is 2. The van der Waals surface area contributed by atoms with Crippen LogP contribution in [0.2, 0.25) is 0 Å². The minimum Gasteiger partial charge on any atom is -0.372 e. The second kappa shape index (κ2) is 4.53. The summed E-state index contributed by atoms with van der Waals surface area (Å²) in [4.78, 5) is 22.3. The Balaban J connectivity index is 1.85. The lowest BCUT2D eigenvalue weighted by Gasteiger charge is -2.10. The van der Waals surface area contributed by atoms with Crippen LogP contribution in [0.25, 0.3) is 0 Å². The minimum absolute atomic E-state index is 0.162. The number of hydrogen-bond acceptors (Lipinski definition) is 4. The summed E-state index contributed by atoms with van der Waals surface area (Å²) in [5.74, 6) is 0.162. The molecule has 0 bridgehead atoms. The van der Waals surface area contributed by atoms with E-state index in [0.29, 0.717) is 19.4 Å². The van der Waals surface area contributed by atoms with Gasteiger partial charge in [0.15, 0.2) is 5.78 Å². The van der Waals surface area contributed by atoms with Gasteiger partial charge in [0, 0.05) is 23.6 Å². The highest BCUT2D eigenvalue weighted by molar-refractivity contribution is 8.03. The van der Waals surface area contributed by atoms with Crippen molar-refractivity contribution in [2.24, 2.45) is 0 Å². The first kappa shape index (κ1) is 10.3. The van der Waals surface area contributed by atoms with Gasteiger partial charge >= 0.3 is 0 Å². The predicted molar refractivity (Wildman–Crippen MR) is 59.0 cm³/mol. The van der Waals surface area contributed by atoms with Gasteiger partial charge in [-0.25, -0.2) is 0 Å². The molecule has 0 radical (unpaired) electrons. The van der Waals surface area contributed by atoms with Crippen LogP contribution in [0.15, 0.2) is 22.8 Å². The van der Waals surface area contributed by atoms with Crippen LogP contribution < -0.4 is 10.6 Å². The Morgan fingerprint density at radius 1 is 1.60 bits per heavy atom. The van der Waals surface area contributed by atoms with Gasteiger partial charge in [-0.2, -0.15) is 0 Å². The molecule has 1 heterocycles. The Hall–Kier alpha value is -1.23. The normalized spacial score (nSPS) is 23.7. The van der Waals surface area contributed by atoms with E-state index < -0.39 is 0 Å². The standard InChI is InChI=1S/C10H12N2O2S/c13-6-11-4-3-10-12-8-2-1-7(14)5-9(8)15-10/h1-2,6,10,12H,3-5H2,(H,11,13). The summed E-state index contributed by atoms with van der Waals surface area (Å²) in [5.41, 5.74) is 1.07. The Bertz CT molecular complexity index is 349. The maximum Gasteiger partial charge on any atom is 0.207 e. The van der Waals surface area contributed by atoms with Gasteiger partial charge in [0.1, 0.15) is 0 Å². The Morgan fingerprint density at radius 2 is 2.47 bits per heavy atom. The van der Waals surface area contributed by atoms with Crippen molar-refractivity contribution in [3.05, 3.63) is 22.8 Å². The molecule has 1 aliphatic carbocycles. The van der Waals surface area contributed by atoms with E-state index in [0.717, 1.165) is 17.0 Å². The van der Waals surface area contributed by atoms with Crippen LogP contribution in [-0.2, 0) is 9.59 Å². The zero-order chi connectivity index (χ0) is 10.7. The van der Waals surface area contributed by atoms with Crippen molar-refractivity contribution < 1.29 is 9.59 Å². The monoisotopic (exact) mass is 224 g/mol. The van der Waals surface area contributed by atoms with Gasteiger partial charge < -0.3 is 10.6 Å². The third kappa shape index (κ3) is 2.41. The van der Waals surface area contributed by atoms with E-state index in [2.05, 4.69) is 10.6 Å². The first-order chi connectivity index (χ1) is 7.29. The van der Waals surface area contributed by atoms with E-state index in [1.807, 2.05) is 6.08 Å². The maximum atomic E-state index is 11.2. The lowest BCUT2D eigenvalue weighted by Crippen LogP contribution is -2.25. The number of carbonyl (C=O) groups excluding carboxylic acids is 2. The quantitative estimate of drug-likeness (QED) is 0.540. The molecule has 2 aliphatic rings. The summed E-state index contributed by atoms with van der Waals surface area (Å²) in [5, 5.41) is 6.22. The topological polar surface area (TPSA) is 58.2 Å². The van der Waals surface area contributed by atoms with Crippen molar-refractivity contribution in [2.45, 2.75) is 18.2 Å². The second-order valence-electron chi connectivity index (χ2n) is 3.42. The van der Waals surface area contributed by atoms with Gasteiger partial charge in [0.25, 0.3) is 0 Å². The molecule has 0 aromatic rings. The molecule has 2 rings (SSSR count). The molecule has 1 amide bonds. The summed E-state index contributed by atoms with van der Waals surface area (Å²) in [6.45, 7) is 0.659. The van der Waals surface area contributed by atoms with Gasteiger partial charge in [0.05, 0.1) is 5.37 Å². The SMILES string of the molecule is O=CNCCC1NC2=C(CC(=O)C=C2)S1. The van der Waals surface area contributed by atoms with E-state index in [-0.39, 0.29) is 11.2 Å². The zero-order valence-electron chi connectivity index (χ0n) is 8.16. The zero-order valence-corrected chi connectivity index (χ0v) is 8.97. The molecule has 0 aromatic heterocycles. The first-order valence-corrected chi connectivity index (χ1v) is 5.72. The lowest BCUT2D eigenvalue weighted by atomic mass is 10.1. The molecule has 0 saturated heterocycles. The Labute approximate surface area is 92.2 Å². The molecular formula is C10H12N2O2S. The minimum atomic E-state index is 0.162. The molecular weight excluding hydrogens is 212 g/mol. The average Bonchev–Trinajstić information content (AvgIpc) is 2.60. The van der Waals surface area contributed by atoms with Gasteiger partial charge in [0.2, 0.25) is 6.41 Å². The summed E-state index contributed by atoms with van der Waals surface area (Å²) in [6, 6.07) is 0. The van der Waals surface area contributed by atoms with Crippen molar-refractivity contribution in [3.63, 3.8) is 0 Å². The molecule has 0 aromatic carbocycles. The van der Waals surface area contributed by atoms with Crippen LogP contribution >= 0.6 is 11.8 Å². The summed E-state index contributed by atoms with van der Waals surface area (Å²) in [7, 11) is 0. The highest BCUT2D eigenvalue weighted by Gasteiger charge is 2.25. The van der Waals surface area contributed by atoms with Crippen molar-refractivity contribution in [2.75, 3.05) is 6.54 Å². The highest BCUT2D eigenvalue weighted by atomic mass is 32.2. The van der Waals surface area contributed by atoms with Crippen molar-refractivity contribution in [1.29, 1.82) is 0 Å². The van der Waals surface area contributed by atoms with E-state index in [4.69, 9.17) is 0 Å². The first-order valence-electron chi connectivity index (χ1n) is 4.84. The van der Waals surface area contributed by atoms with E-state index in [9.17, 15) is 9.59 Å². The van der Waals surface area contributed by atoms with Crippen LogP contribution in [0.1, 0.15) is 12.8 Å². The summed E-state index contributed by atoms with van der Waals surface area (Å²) < 4.78 is 0. The van der Waals surface area contributed by atoms with Crippen molar-refractivity contribution in [3.8, 4) is 0 Å². The average molecular weight is 224 g/mol. The molecule has 4 nitrogen and oxygen atoms in total. The van der Waals surface area contributed by atoms with Crippen molar-refractivity contribution >= 4 is 24.0 Å². The molecule has 1 aliphatic heterocycles. The number of hydrogen-bond donors (Lipinski definition) is 2. The lowest BCUT2D eigenvalue weighted by molar-refractivity contribution is -0.114. The Morgan fingerprint density at radius 3 is 3.27 bits per heavy atom. The molecule has 0 spiro atoms. The number of allylic oxidation sites excluding steroid dienone is 3. The number of rotatable bonds is 4. The number of amides is 1. The van der Waals surface area contributed by atoms with E-state index >= 15 is 0 Å². The molecule has 0 saturated carbocycles. The fourth-order valence-corrected chi connectivity index (χ4v) is 2.84. The third-order valence-electron chi connectivity index (χ3n) is 2.31. The number of ketones is 1. The third-order valence-corrected chi connectivity index (χ3v) is 3.59. The molecule has 15 heavy (non-hydrogen) atoms. The van der Waals surface area contributed by atoms with E-state index in [1.165, 1.54) is 0 Å². The Kier molecular flexibility index (Phi) is 3.11. The molecule has 2 N–H and O–H groups in total. The van der Waals surface area contributed by atoms with Gasteiger partial charge in [-0.15, -0.1) is 11.8 Å². The fourth-order valence-electron chi connectivity index (χ4n) is 1.59. The van der Waals surface area contributed by atoms with Gasteiger partial charge in [-0.05, 0) is 18.6 Å². The van der Waals surface area contributed by atoms with Crippen LogP contribution in [0, 0.1) is 0 Å². The molecule has 0 fully saturated rings. The van der Waals surface area contributed by atoms with Crippen LogP contribution in [0.5, 0.6) is 0 Å².